The van der Waals surface area contributed by atoms with Crippen molar-refractivity contribution in [3.63, 3.8) is 0 Å². The van der Waals surface area contributed by atoms with E-state index in [1.807, 2.05) is 30.0 Å². The first-order valence-corrected chi connectivity index (χ1v) is 10.9. The van der Waals surface area contributed by atoms with Crippen molar-refractivity contribution in [2.24, 2.45) is 5.92 Å². The van der Waals surface area contributed by atoms with Gasteiger partial charge in [0.1, 0.15) is 5.82 Å². The van der Waals surface area contributed by atoms with E-state index in [4.69, 9.17) is 0 Å². The zero-order valence-electron chi connectivity index (χ0n) is 17.9. The molecule has 0 aliphatic carbocycles. The zero-order chi connectivity index (χ0) is 21.1. The van der Waals surface area contributed by atoms with E-state index in [0.717, 1.165) is 68.9 Å². The molecule has 0 unspecified atom stereocenters. The summed E-state index contributed by atoms with van der Waals surface area (Å²) >= 11 is 0. The minimum Gasteiger partial charge on any atom is -0.357 e. The van der Waals surface area contributed by atoms with E-state index in [1.54, 1.807) is 12.3 Å². The molecular weight excluding hydrogens is 376 g/mol. The number of nitrogens with one attached hydrogen (secondary N) is 1. The SMILES string of the molecule is Cc1cccc(NC(=O)C2CCN(c3cc(C(=O)N4CCCC4)ccn3)CC2)c1C. The third kappa shape index (κ3) is 4.32. The molecule has 1 aromatic heterocycles. The van der Waals surface area contributed by atoms with Crippen LogP contribution in [0.2, 0.25) is 0 Å². The fourth-order valence-electron chi connectivity index (χ4n) is 4.32. The molecule has 2 aliphatic heterocycles. The van der Waals surface area contributed by atoms with Crippen LogP contribution in [0.25, 0.3) is 0 Å². The molecule has 30 heavy (non-hydrogen) atoms. The largest absolute Gasteiger partial charge is 0.357 e. The number of aromatic nitrogens is 1. The smallest absolute Gasteiger partial charge is 0.254 e. The van der Waals surface area contributed by atoms with Crippen LogP contribution < -0.4 is 10.2 Å². The van der Waals surface area contributed by atoms with Crippen LogP contribution in [0.1, 0.15) is 47.2 Å². The van der Waals surface area contributed by atoms with Crippen LogP contribution in [-0.2, 0) is 4.79 Å². The highest BCUT2D eigenvalue weighted by Gasteiger charge is 2.27. The molecule has 1 N–H and O–H groups in total. The van der Waals surface area contributed by atoms with Gasteiger partial charge in [0.05, 0.1) is 0 Å². The molecule has 0 bridgehead atoms. The Bertz CT molecular complexity index is 929. The third-order valence-electron chi connectivity index (χ3n) is 6.44. The van der Waals surface area contributed by atoms with Crippen molar-refractivity contribution in [2.45, 2.75) is 39.5 Å². The van der Waals surface area contributed by atoms with E-state index in [-0.39, 0.29) is 17.7 Å². The molecule has 2 amide bonds. The lowest BCUT2D eigenvalue weighted by molar-refractivity contribution is -0.120. The Balaban J connectivity index is 1.36. The van der Waals surface area contributed by atoms with Crippen LogP contribution in [0.5, 0.6) is 0 Å². The van der Waals surface area contributed by atoms with E-state index in [0.29, 0.717) is 5.56 Å². The van der Waals surface area contributed by atoms with Gasteiger partial charge in [-0.1, -0.05) is 12.1 Å². The van der Waals surface area contributed by atoms with E-state index in [1.165, 1.54) is 5.56 Å². The number of rotatable bonds is 4. The van der Waals surface area contributed by atoms with Crippen LogP contribution in [-0.4, -0.2) is 47.9 Å². The number of nitrogens with zero attached hydrogens (tertiary/aromatic N) is 3. The quantitative estimate of drug-likeness (QED) is 0.839. The summed E-state index contributed by atoms with van der Waals surface area (Å²) in [6, 6.07) is 9.69. The summed E-state index contributed by atoms with van der Waals surface area (Å²) in [5, 5.41) is 3.11. The summed E-state index contributed by atoms with van der Waals surface area (Å²) in [6.07, 6.45) is 5.45. The Morgan fingerprint density at radius 2 is 1.77 bits per heavy atom. The van der Waals surface area contributed by atoms with Crippen molar-refractivity contribution in [1.82, 2.24) is 9.88 Å². The van der Waals surface area contributed by atoms with E-state index in [2.05, 4.69) is 28.2 Å². The summed E-state index contributed by atoms with van der Waals surface area (Å²) in [6.45, 7) is 7.31. The summed E-state index contributed by atoms with van der Waals surface area (Å²) in [5.41, 5.74) is 3.90. The first-order chi connectivity index (χ1) is 14.5. The number of likely N-dealkylation sites (tertiary alicyclic amines) is 1. The van der Waals surface area contributed by atoms with Gasteiger partial charge >= 0.3 is 0 Å². The normalized spacial score (nSPS) is 17.3. The topological polar surface area (TPSA) is 65.5 Å². The van der Waals surface area contributed by atoms with Gasteiger partial charge in [0.25, 0.3) is 5.91 Å². The lowest BCUT2D eigenvalue weighted by atomic mass is 9.95. The van der Waals surface area contributed by atoms with Crippen LogP contribution in [0, 0.1) is 19.8 Å². The molecule has 158 valence electrons. The van der Waals surface area contributed by atoms with Crippen LogP contribution in [0.3, 0.4) is 0 Å². The summed E-state index contributed by atoms with van der Waals surface area (Å²) in [7, 11) is 0. The van der Waals surface area contributed by atoms with Gasteiger partial charge < -0.3 is 15.1 Å². The Kier molecular flexibility index (Phi) is 6.02. The predicted molar refractivity (Wildman–Crippen MR) is 119 cm³/mol. The second kappa shape index (κ2) is 8.86. The molecule has 6 heteroatoms. The summed E-state index contributed by atoms with van der Waals surface area (Å²) < 4.78 is 0. The summed E-state index contributed by atoms with van der Waals surface area (Å²) in [5.74, 6) is 1.01. The van der Waals surface area contributed by atoms with E-state index in [9.17, 15) is 9.59 Å². The molecule has 4 rings (SSSR count). The molecule has 0 spiro atoms. The van der Waals surface area contributed by atoms with Crippen molar-refractivity contribution in [2.75, 3.05) is 36.4 Å². The molecule has 2 saturated heterocycles. The van der Waals surface area contributed by atoms with Crippen LogP contribution >= 0.6 is 0 Å². The van der Waals surface area contributed by atoms with Gasteiger partial charge in [-0.05, 0) is 68.9 Å². The maximum Gasteiger partial charge on any atom is 0.254 e. The van der Waals surface area contributed by atoms with Gasteiger partial charge in [-0.3, -0.25) is 9.59 Å². The lowest BCUT2D eigenvalue weighted by Gasteiger charge is -2.32. The first-order valence-electron chi connectivity index (χ1n) is 10.9. The van der Waals surface area contributed by atoms with Crippen molar-refractivity contribution in [3.05, 3.63) is 53.2 Å². The van der Waals surface area contributed by atoms with Crippen LogP contribution in [0.4, 0.5) is 11.5 Å². The molecular formula is C24H30N4O2. The monoisotopic (exact) mass is 406 g/mol. The van der Waals surface area contributed by atoms with Gasteiger partial charge in [-0.2, -0.15) is 0 Å². The van der Waals surface area contributed by atoms with Gasteiger partial charge in [0.15, 0.2) is 0 Å². The molecule has 2 fully saturated rings. The number of amides is 2. The highest BCUT2D eigenvalue weighted by atomic mass is 16.2. The number of anilines is 2. The Morgan fingerprint density at radius 3 is 2.50 bits per heavy atom. The third-order valence-corrected chi connectivity index (χ3v) is 6.44. The van der Waals surface area contributed by atoms with Crippen molar-refractivity contribution < 1.29 is 9.59 Å². The Hall–Kier alpha value is -2.89. The molecule has 3 heterocycles. The average Bonchev–Trinajstić information content (AvgIpc) is 3.31. The number of benzene rings is 1. The van der Waals surface area contributed by atoms with Crippen LogP contribution in [0.15, 0.2) is 36.5 Å². The number of carbonyl (C=O) groups is 2. The lowest BCUT2D eigenvalue weighted by Crippen LogP contribution is -2.38. The highest BCUT2D eigenvalue weighted by Crippen LogP contribution is 2.25. The molecule has 0 atom stereocenters. The number of hydrogen-bond donors (Lipinski definition) is 1. The minimum absolute atomic E-state index is 0.00410. The van der Waals surface area contributed by atoms with Gasteiger partial charge in [0, 0.05) is 49.5 Å². The minimum atomic E-state index is -0.00410. The number of aryl methyl sites for hydroxylation is 1. The number of pyridine rings is 1. The number of hydrogen-bond acceptors (Lipinski definition) is 4. The van der Waals surface area contributed by atoms with E-state index >= 15 is 0 Å². The molecule has 0 radical (unpaired) electrons. The second-order valence-corrected chi connectivity index (χ2v) is 8.40. The van der Waals surface area contributed by atoms with Crippen molar-refractivity contribution in [3.8, 4) is 0 Å². The number of carbonyl (C=O) groups excluding carboxylic acids is 2. The molecule has 2 aliphatic rings. The van der Waals surface area contributed by atoms with Crippen molar-refractivity contribution >= 4 is 23.3 Å². The first kappa shape index (κ1) is 20.4. The fraction of sp³-hybridized carbons (Fsp3) is 0.458. The van der Waals surface area contributed by atoms with Crippen molar-refractivity contribution in [1.29, 1.82) is 0 Å². The highest BCUT2D eigenvalue weighted by molar-refractivity contribution is 5.95. The van der Waals surface area contributed by atoms with Gasteiger partial charge in [-0.15, -0.1) is 0 Å². The van der Waals surface area contributed by atoms with Gasteiger partial charge in [-0.25, -0.2) is 4.98 Å². The van der Waals surface area contributed by atoms with E-state index < -0.39 is 0 Å². The maximum atomic E-state index is 12.8. The predicted octanol–water partition coefficient (Wildman–Crippen LogP) is 3.79. The Labute approximate surface area is 178 Å². The molecule has 6 nitrogen and oxygen atoms in total. The molecule has 0 saturated carbocycles. The Morgan fingerprint density at radius 1 is 1.03 bits per heavy atom. The standard InChI is InChI=1S/C24H30N4O2/c1-17-6-5-7-21(18(17)2)26-23(29)19-9-14-27(15-10-19)22-16-20(8-11-25-22)24(30)28-12-3-4-13-28/h5-8,11,16,19H,3-4,9-10,12-15H2,1-2H3,(H,26,29). The summed E-state index contributed by atoms with van der Waals surface area (Å²) in [4.78, 5) is 34.0. The average molecular weight is 407 g/mol. The van der Waals surface area contributed by atoms with Gasteiger partial charge in [0.2, 0.25) is 5.91 Å². The fourth-order valence-corrected chi connectivity index (χ4v) is 4.32. The maximum absolute atomic E-state index is 12.8. The molecule has 1 aromatic carbocycles. The zero-order valence-corrected chi connectivity index (χ0v) is 17.9. The second-order valence-electron chi connectivity index (χ2n) is 8.40. The molecule has 2 aromatic rings. The number of piperidine rings is 1.